The largest absolute Gasteiger partial charge is 0.477 e. The molecule has 32 heavy (non-hydrogen) atoms. The Hall–Kier alpha value is -2.50. The Morgan fingerprint density at radius 3 is 2.75 bits per heavy atom. The maximum absolute atomic E-state index is 12.7. The number of fused-ring (bicyclic) bond motifs is 1. The number of carbonyl (C=O) groups is 3. The van der Waals surface area contributed by atoms with Gasteiger partial charge in [0, 0.05) is 40.1 Å². The second-order valence-corrected chi connectivity index (χ2v) is 10.7. The van der Waals surface area contributed by atoms with Gasteiger partial charge in [0.2, 0.25) is 5.91 Å². The Labute approximate surface area is 196 Å². The van der Waals surface area contributed by atoms with E-state index in [9.17, 15) is 24.3 Å². The first kappa shape index (κ1) is 22.7. The molecule has 2 aromatic rings. The van der Waals surface area contributed by atoms with E-state index in [1.54, 1.807) is 11.6 Å². The minimum atomic E-state index is -1.16. The molecular formula is C21H21N3O5S3. The molecule has 0 aliphatic carbocycles. The maximum Gasteiger partial charge on any atom is 0.352 e. The molecule has 2 aliphatic heterocycles. The van der Waals surface area contributed by atoms with E-state index in [1.807, 2.05) is 30.5 Å². The Kier molecular flexibility index (Phi) is 6.50. The molecule has 0 unspecified atom stereocenters. The predicted octanol–water partition coefficient (Wildman–Crippen LogP) is 1.83. The van der Waals surface area contributed by atoms with Crippen LogP contribution in [-0.2, 0) is 27.9 Å². The van der Waals surface area contributed by atoms with Gasteiger partial charge in [-0.05, 0) is 30.0 Å². The highest BCUT2D eigenvalue weighted by molar-refractivity contribution is 8.01. The van der Waals surface area contributed by atoms with Crippen molar-refractivity contribution in [2.75, 3.05) is 11.5 Å². The topological polar surface area (TPSA) is 109 Å². The number of carbonyl (C=O) groups excluding carboxylic acids is 2. The summed E-state index contributed by atoms with van der Waals surface area (Å²) in [6, 6.07) is 6.38. The Morgan fingerprint density at radius 2 is 2.09 bits per heavy atom. The van der Waals surface area contributed by atoms with Crippen molar-refractivity contribution in [1.82, 2.24) is 14.8 Å². The van der Waals surface area contributed by atoms with E-state index in [2.05, 4.69) is 5.32 Å². The molecule has 0 radical (unpaired) electrons. The van der Waals surface area contributed by atoms with Gasteiger partial charge in [-0.1, -0.05) is 6.07 Å². The fourth-order valence-electron chi connectivity index (χ4n) is 3.58. The van der Waals surface area contributed by atoms with Gasteiger partial charge < -0.3 is 15.0 Å². The number of hydrogen-bond donors (Lipinski definition) is 2. The number of hydrogen-bond acceptors (Lipinski definition) is 7. The number of amides is 2. The maximum atomic E-state index is 12.7. The van der Waals surface area contributed by atoms with Gasteiger partial charge >= 0.3 is 5.97 Å². The molecule has 1 fully saturated rings. The first-order valence-electron chi connectivity index (χ1n) is 9.78. The molecule has 2 aromatic heterocycles. The third kappa shape index (κ3) is 4.37. The lowest BCUT2D eigenvalue weighted by molar-refractivity contribution is -0.150. The molecule has 168 valence electrons. The van der Waals surface area contributed by atoms with Crippen LogP contribution in [0.1, 0.15) is 10.6 Å². The standard InChI is InChI=1S/C21H21N3O5S3/c1-11-6-14(8-16(26)23(11)2)31-9-12-10-32-20-17(19(27)24(20)18(12)21(28)29)22-15(25)7-13-4-3-5-30-13/h3-6,8,17,20H,7,9-10H2,1-2H3,(H,22,25)(H,28,29)/t17-,20+/m1/s1. The number of pyridine rings is 1. The number of aliphatic carboxylic acids is 1. The Morgan fingerprint density at radius 1 is 1.31 bits per heavy atom. The zero-order chi connectivity index (χ0) is 23.0. The van der Waals surface area contributed by atoms with Crippen molar-refractivity contribution in [1.29, 1.82) is 0 Å². The zero-order valence-corrected chi connectivity index (χ0v) is 19.8. The number of β-lactam (4-membered cyclic amide) rings is 1. The number of carboxylic acids is 1. The van der Waals surface area contributed by atoms with Crippen LogP contribution in [0.5, 0.6) is 0 Å². The minimum Gasteiger partial charge on any atom is -0.477 e. The summed E-state index contributed by atoms with van der Waals surface area (Å²) in [6.07, 6.45) is 0.193. The molecule has 4 rings (SSSR count). The van der Waals surface area contributed by atoms with Crippen molar-refractivity contribution in [2.45, 2.75) is 29.7 Å². The van der Waals surface area contributed by atoms with Gasteiger partial charge in [-0.2, -0.15) is 0 Å². The van der Waals surface area contributed by atoms with Crippen molar-refractivity contribution in [3.8, 4) is 0 Å². The van der Waals surface area contributed by atoms with Crippen molar-refractivity contribution in [3.05, 3.63) is 61.8 Å². The van der Waals surface area contributed by atoms with Crippen LogP contribution in [0.4, 0.5) is 0 Å². The molecule has 2 atom stereocenters. The SMILES string of the molecule is Cc1cc(SCC2=C(C(=O)O)N3C(=O)[C@@H](NC(=O)Cc4cccs4)[C@@H]3SC2)cc(=O)n1C. The fraction of sp³-hybridized carbons (Fsp3) is 0.333. The van der Waals surface area contributed by atoms with Crippen LogP contribution in [0, 0.1) is 6.92 Å². The van der Waals surface area contributed by atoms with Crippen LogP contribution in [0.15, 0.2) is 50.6 Å². The number of rotatable bonds is 7. The summed E-state index contributed by atoms with van der Waals surface area (Å²) in [5, 5.41) is 14.0. The lowest BCUT2D eigenvalue weighted by Crippen LogP contribution is -2.70. The van der Waals surface area contributed by atoms with E-state index in [4.69, 9.17) is 0 Å². The molecule has 0 bridgehead atoms. The van der Waals surface area contributed by atoms with Gasteiger partial charge in [0.25, 0.3) is 11.5 Å². The van der Waals surface area contributed by atoms with E-state index < -0.39 is 23.3 Å². The summed E-state index contributed by atoms with van der Waals surface area (Å²) in [5.74, 6) is -1.04. The van der Waals surface area contributed by atoms with Crippen LogP contribution in [0.2, 0.25) is 0 Å². The third-order valence-corrected chi connectivity index (χ3v) is 8.65. The number of nitrogens with zero attached hydrogens (tertiary/aromatic N) is 2. The van der Waals surface area contributed by atoms with Crippen LogP contribution in [-0.4, -0.2) is 55.3 Å². The number of thioether (sulfide) groups is 2. The third-order valence-electron chi connectivity index (χ3n) is 5.37. The van der Waals surface area contributed by atoms with Gasteiger partial charge in [0.05, 0.1) is 6.42 Å². The molecule has 8 nitrogen and oxygen atoms in total. The number of nitrogens with one attached hydrogen (secondary N) is 1. The molecule has 4 heterocycles. The molecule has 11 heteroatoms. The molecule has 2 amide bonds. The first-order valence-corrected chi connectivity index (χ1v) is 12.7. The van der Waals surface area contributed by atoms with Gasteiger partial charge in [0.1, 0.15) is 17.1 Å². The van der Waals surface area contributed by atoms with E-state index in [0.717, 1.165) is 15.5 Å². The van der Waals surface area contributed by atoms with E-state index in [0.29, 0.717) is 17.1 Å². The highest BCUT2D eigenvalue weighted by Crippen LogP contribution is 2.41. The van der Waals surface area contributed by atoms with Gasteiger partial charge in [-0.25, -0.2) is 4.79 Å². The summed E-state index contributed by atoms with van der Waals surface area (Å²) < 4.78 is 1.54. The minimum absolute atomic E-state index is 0.0180. The fourth-order valence-corrected chi connectivity index (χ4v) is 6.78. The van der Waals surface area contributed by atoms with Crippen LogP contribution in [0.3, 0.4) is 0 Å². The Bertz CT molecular complexity index is 1170. The first-order chi connectivity index (χ1) is 15.3. The van der Waals surface area contributed by atoms with Crippen molar-refractivity contribution in [2.24, 2.45) is 7.05 Å². The second-order valence-electron chi connectivity index (χ2n) is 7.49. The molecule has 0 spiro atoms. The highest BCUT2D eigenvalue weighted by atomic mass is 32.2. The molecular weight excluding hydrogens is 470 g/mol. The number of thiophene rings is 1. The van der Waals surface area contributed by atoms with Gasteiger partial charge in [-0.15, -0.1) is 34.9 Å². The Balaban J connectivity index is 1.46. The zero-order valence-electron chi connectivity index (χ0n) is 17.4. The average molecular weight is 492 g/mol. The number of aromatic nitrogens is 1. The molecule has 2 N–H and O–H groups in total. The van der Waals surface area contributed by atoms with E-state index in [1.165, 1.54) is 45.8 Å². The summed E-state index contributed by atoms with van der Waals surface area (Å²) in [6.45, 7) is 1.83. The van der Waals surface area contributed by atoms with E-state index in [-0.39, 0.29) is 23.6 Å². The smallest absolute Gasteiger partial charge is 0.352 e. The van der Waals surface area contributed by atoms with E-state index >= 15 is 0 Å². The van der Waals surface area contributed by atoms with Crippen molar-refractivity contribution in [3.63, 3.8) is 0 Å². The highest BCUT2D eigenvalue weighted by Gasteiger charge is 2.54. The second kappa shape index (κ2) is 9.16. The molecule has 1 saturated heterocycles. The monoisotopic (exact) mass is 491 g/mol. The summed E-state index contributed by atoms with van der Waals surface area (Å²) >= 11 is 4.28. The lowest BCUT2D eigenvalue weighted by Gasteiger charge is -2.49. The normalized spacial score (nSPS) is 20.1. The molecule has 0 aromatic carbocycles. The van der Waals surface area contributed by atoms with Crippen LogP contribution < -0.4 is 10.9 Å². The quantitative estimate of drug-likeness (QED) is 0.449. The van der Waals surface area contributed by atoms with Crippen molar-refractivity contribution >= 4 is 52.6 Å². The molecule has 2 aliphatic rings. The summed E-state index contributed by atoms with van der Waals surface area (Å²) in [5.41, 5.74) is 1.29. The van der Waals surface area contributed by atoms with Crippen LogP contribution in [0.25, 0.3) is 0 Å². The van der Waals surface area contributed by atoms with Crippen molar-refractivity contribution < 1.29 is 19.5 Å². The lowest BCUT2D eigenvalue weighted by atomic mass is 10.0. The average Bonchev–Trinajstić information content (AvgIpc) is 3.26. The summed E-state index contributed by atoms with van der Waals surface area (Å²) in [4.78, 5) is 52.0. The number of carboxylic acid groups (broad SMARTS) is 1. The van der Waals surface area contributed by atoms with Crippen LogP contribution >= 0.6 is 34.9 Å². The summed E-state index contributed by atoms with van der Waals surface area (Å²) in [7, 11) is 1.69. The molecule has 0 saturated carbocycles. The van der Waals surface area contributed by atoms with Gasteiger partial charge in [0.15, 0.2) is 0 Å². The number of aryl methyl sites for hydroxylation is 1. The predicted molar refractivity (Wildman–Crippen MR) is 125 cm³/mol. The van der Waals surface area contributed by atoms with Gasteiger partial charge in [-0.3, -0.25) is 19.3 Å².